The van der Waals surface area contributed by atoms with Gasteiger partial charge in [-0.3, -0.25) is 0 Å². The van der Waals surface area contributed by atoms with Gasteiger partial charge in [0.2, 0.25) is 0 Å². The second-order valence-electron chi connectivity index (χ2n) is 4.44. The fourth-order valence-corrected chi connectivity index (χ4v) is 1.88. The van der Waals surface area contributed by atoms with Crippen molar-refractivity contribution in [2.45, 2.75) is 19.0 Å². The number of halogens is 3. The van der Waals surface area contributed by atoms with E-state index >= 15 is 0 Å². The molecule has 0 aliphatic rings. The Hall–Kier alpha value is -2.49. The molecule has 0 fully saturated rings. The summed E-state index contributed by atoms with van der Waals surface area (Å²) < 4.78 is 37.7. The molecular weight excluding hydrogens is 281 g/mol. The Labute approximate surface area is 119 Å². The lowest BCUT2D eigenvalue weighted by Gasteiger charge is -2.11. The van der Waals surface area contributed by atoms with Crippen molar-refractivity contribution in [1.29, 1.82) is 5.26 Å². The number of hydrogen-bond donors (Lipinski definition) is 2. The summed E-state index contributed by atoms with van der Waals surface area (Å²) in [5.74, 6) is 0.852. The van der Waals surface area contributed by atoms with Crippen molar-refractivity contribution in [3.8, 4) is 6.07 Å². The van der Waals surface area contributed by atoms with Crippen LogP contribution in [-0.4, -0.2) is 16.5 Å². The smallest absolute Gasteiger partial charge is 0.384 e. The molecule has 0 atom stereocenters. The van der Waals surface area contributed by atoms with Crippen LogP contribution in [-0.2, 0) is 12.6 Å². The number of alkyl halides is 3. The first-order chi connectivity index (χ1) is 10.0. The molecular formula is C14H13F3N4. The largest absolute Gasteiger partial charge is 0.416 e. The van der Waals surface area contributed by atoms with Crippen LogP contribution in [0.3, 0.4) is 0 Å². The van der Waals surface area contributed by atoms with Crippen LogP contribution in [0, 0.1) is 11.3 Å². The number of aromatic amines is 1. The molecule has 0 radical (unpaired) electrons. The molecule has 1 aromatic carbocycles. The topological polar surface area (TPSA) is 64.5 Å². The van der Waals surface area contributed by atoms with E-state index in [1.54, 1.807) is 18.5 Å². The number of H-pyrrole nitrogens is 1. The van der Waals surface area contributed by atoms with E-state index in [2.05, 4.69) is 15.3 Å². The van der Waals surface area contributed by atoms with Crippen LogP contribution >= 0.6 is 0 Å². The van der Waals surface area contributed by atoms with E-state index in [4.69, 9.17) is 5.26 Å². The van der Waals surface area contributed by atoms with Gasteiger partial charge in [0.1, 0.15) is 11.9 Å². The molecule has 0 saturated carbocycles. The first-order valence-corrected chi connectivity index (χ1v) is 6.34. The predicted octanol–water partition coefficient (Wildman–Crippen LogP) is 3.34. The highest BCUT2D eigenvalue weighted by Gasteiger charge is 2.30. The zero-order valence-corrected chi connectivity index (χ0v) is 11.0. The number of anilines is 1. The minimum atomic E-state index is -4.44. The zero-order valence-electron chi connectivity index (χ0n) is 11.0. The van der Waals surface area contributed by atoms with Crippen LogP contribution in [0.25, 0.3) is 0 Å². The number of aromatic nitrogens is 2. The minimum absolute atomic E-state index is 0.0113. The molecule has 0 spiro atoms. The lowest BCUT2D eigenvalue weighted by molar-refractivity contribution is -0.137. The molecule has 7 heteroatoms. The van der Waals surface area contributed by atoms with Crippen LogP contribution in [0.15, 0.2) is 30.6 Å². The Morgan fingerprint density at radius 2 is 2.14 bits per heavy atom. The lowest BCUT2D eigenvalue weighted by atomic mass is 10.1. The Morgan fingerprint density at radius 3 is 2.76 bits per heavy atom. The van der Waals surface area contributed by atoms with E-state index in [1.165, 1.54) is 6.07 Å². The molecule has 2 rings (SSSR count). The first-order valence-electron chi connectivity index (χ1n) is 6.34. The molecule has 0 amide bonds. The van der Waals surface area contributed by atoms with Gasteiger partial charge >= 0.3 is 6.18 Å². The average molecular weight is 294 g/mol. The van der Waals surface area contributed by atoms with E-state index in [9.17, 15) is 13.2 Å². The van der Waals surface area contributed by atoms with Crippen molar-refractivity contribution in [2.24, 2.45) is 0 Å². The zero-order chi connectivity index (χ0) is 15.3. The molecule has 0 bridgehead atoms. The maximum absolute atomic E-state index is 12.6. The van der Waals surface area contributed by atoms with E-state index in [1.807, 2.05) is 0 Å². The fraction of sp³-hybridized carbons (Fsp3) is 0.286. The number of nitriles is 1. The van der Waals surface area contributed by atoms with Crippen molar-refractivity contribution in [3.63, 3.8) is 0 Å². The number of imidazole rings is 1. The molecule has 110 valence electrons. The summed E-state index contributed by atoms with van der Waals surface area (Å²) in [6, 6.07) is 4.89. The maximum atomic E-state index is 12.6. The molecule has 1 heterocycles. The average Bonchev–Trinajstić information content (AvgIpc) is 2.95. The number of rotatable bonds is 5. The summed E-state index contributed by atoms with van der Waals surface area (Å²) in [5.41, 5.74) is -0.423. The van der Waals surface area contributed by atoms with Crippen molar-refractivity contribution in [1.82, 2.24) is 9.97 Å². The highest BCUT2D eigenvalue weighted by atomic mass is 19.4. The van der Waals surface area contributed by atoms with Gasteiger partial charge in [-0.1, -0.05) is 0 Å². The van der Waals surface area contributed by atoms with Crippen LogP contribution in [0.4, 0.5) is 18.9 Å². The molecule has 0 saturated heterocycles. The van der Waals surface area contributed by atoms with Crippen LogP contribution < -0.4 is 5.32 Å². The Balaban J connectivity index is 1.95. The third-order valence-corrected chi connectivity index (χ3v) is 2.93. The maximum Gasteiger partial charge on any atom is 0.416 e. The van der Waals surface area contributed by atoms with Gasteiger partial charge in [-0.15, -0.1) is 0 Å². The normalized spacial score (nSPS) is 11.1. The number of hydrogen-bond acceptors (Lipinski definition) is 3. The summed E-state index contributed by atoms with van der Waals surface area (Å²) >= 11 is 0. The molecule has 1 aromatic heterocycles. The molecule has 0 unspecified atom stereocenters. The quantitative estimate of drug-likeness (QED) is 0.831. The van der Waals surface area contributed by atoms with E-state index in [0.29, 0.717) is 12.2 Å². The van der Waals surface area contributed by atoms with Crippen molar-refractivity contribution < 1.29 is 13.2 Å². The molecule has 0 aliphatic heterocycles. The van der Waals surface area contributed by atoms with Gasteiger partial charge < -0.3 is 10.3 Å². The summed E-state index contributed by atoms with van der Waals surface area (Å²) in [4.78, 5) is 7.04. The monoisotopic (exact) mass is 294 g/mol. The van der Waals surface area contributed by atoms with Gasteiger partial charge in [-0.2, -0.15) is 18.4 Å². The highest BCUT2D eigenvalue weighted by molar-refractivity contribution is 5.58. The standard InChI is InChI=1S/C14H13F3N4/c15-14(16,17)11-3-4-12(10(8-11)9-18)19-5-1-2-13-20-6-7-21-13/h3-4,6-8,19H,1-2,5H2,(H,20,21). The Bertz CT molecular complexity index is 627. The highest BCUT2D eigenvalue weighted by Crippen LogP contribution is 2.31. The summed E-state index contributed by atoms with van der Waals surface area (Å²) in [6.07, 6.45) is 0.421. The first kappa shape index (κ1) is 14.9. The molecule has 0 aliphatic carbocycles. The van der Waals surface area contributed by atoms with Crippen LogP contribution in [0.5, 0.6) is 0 Å². The van der Waals surface area contributed by atoms with Gasteiger partial charge in [0.15, 0.2) is 0 Å². The molecule has 2 N–H and O–H groups in total. The van der Waals surface area contributed by atoms with Gasteiger partial charge in [-0.05, 0) is 24.6 Å². The second kappa shape index (κ2) is 6.31. The van der Waals surface area contributed by atoms with Crippen molar-refractivity contribution in [3.05, 3.63) is 47.5 Å². The number of benzene rings is 1. The number of nitrogens with one attached hydrogen (secondary N) is 2. The second-order valence-corrected chi connectivity index (χ2v) is 4.44. The third kappa shape index (κ3) is 3.99. The summed E-state index contributed by atoms with van der Waals surface area (Å²) in [6.45, 7) is 0.542. The lowest BCUT2D eigenvalue weighted by Crippen LogP contribution is -2.08. The van der Waals surface area contributed by atoms with Gasteiger partial charge in [0.05, 0.1) is 16.8 Å². The molecule has 4 nitrogen and oxygen atoms in total. The fourth-order valence-electron chi connectivity index (χ4n) is 1.88. The third-order valence-electron chi connectivity index (χ3n) is 2.93. The molecule has 21 heavy (non-hydrogen) atoms. The SMILES string of the molecule is N#Cc1cc(C(F)(F)F)ccc1NCCCc1ncc[nH]1. The predicted molar refractivity (Wildman–Crippen MR) is 71.6 cm³/mol. The van der Waals surface area contributed by atoms with Crippen LogP contribution in [0.2, 0.25) is 0 Å². The van der Waals surface area contributed by atoms with Crippen molar-refractivity contribution in [2.75, 3.05) is 11.9 Å². The van der Waals surface area contributed by atoms with E-state index < -0.39 is 11.7 Å². The summed E-state index contributed by atoms with van der Waals surface area (Å²) in [7, 11) is 0. The Morgan fingerprint density at radius 1 is 1.33 bits per heavy atom. The van der Waals surface area contributed by atoms with Crippen LogP contribution in [0.1, 0.15) is 23.4 Å². The van der Waals surface area contributed by atoms with Gasteiger partial charge in [0.25, 0.3) is 0 Å². The van der Waals surface area contributed by atoms with Crippen molar-refractivity contribution >= 4 is 5.69 Å². The van der Waals surface area contributed by atoms with E-state index in [0.717, 1.165) is 30.8 Å². The van der Waals surface area contributed by atoms with Gasteiger partial charge in [0, 0.05) is 25.4 Å². The minimum Gasteiger partial charge on any atom is -0.384 e. The molecule has 2 aromatic rings. The Kier molecular flexibility index (Phi) is 4.48. The van der Waals surface area contributed by atoms with E-state index in [-0.39, 0.29) is 5.56 Å². The number of aryl methyl sites for hydroxylation is 1. The summed E-state index contributed by atoms with van der Waals surface area (Å²) in [5, 5.41) is 11.9. The number of nitrogens with zero attached hydrogens (tertiary/aromatic N) is 2. The van der Waals surface area contributed by atoms with Gasteiger partial charge in [-0.25, -0.2) is 4.98 Å².